The zero-order chi connectivity index (χ0) is 13.0. The van der Waals surface area contributed by atoms with Crippen molar-refractivity contribution in [3.05, 3.63) is 58.0 Å². The first-order chi connectivity index (χ1) is 8.74. The Morgan fingerprint density at radius 2 is 2.22 bits per heavy atom. The molecule has 2 aromatic rings. The second-order valence-electron chi connectivity index (χ2n) is 3.87. The van der Waals surface area contributed by atoms with Crippen molar-refractivity contribution in [2.24, 2.45) is 5.73 Å². The number of nitrogens with zero attached hydrogens (tertiary/aromatic N) is 2. The van der Waals surface area contributed by atoms with E-state index in [0.29, 0.717) is 13.1 Å². The molecule has 94 valence electrons. The van der Waals surface area contributed by atoms with Crippen molar-refractivity contribution in [1.29, 1.82) is 0 Å². The van der Waals surface area contributed by atoms with E-state index in [4.69, 9.17) is 10.5 Å². The van der Waals surface area contributed by atoms with Gasteiger partial charge in [-0.3, -0.25) is 4.79 Å². The van der Waals surface area contributed by atoms with Crippen LogP contribution in [0.3, 0.4) is 0 Å². The van der Waals surface area contributed by atoms with E-state index in [1.165, 1.54) is 10.7 Å². The standard InChI is InChI=1S/C13H15N3O2/c1-18-12-5-4-10(7-11(12)8-14)9-16-13(17)3-2-6-15-16/h2-7H,8-9,14H2,1H3. The van der Waals surface area contributed by atoms with Crippen molar-refractivity contribution in [2.75, 3.05) is 7.11 Å². The third-order valence-corrected chi connectivity index (χ3v) is 2.68. The van der Waals surface area contributed by atoms with Crippen LogP contribution in [0.25, 0.3) is 0 Å². The number of ether oxygens (including phenoxy) is 1. The van der Waals surface area contributed by atoms with Gasteiger partial charge >= 0.3 is 0 Å². The summed E-state index contributed by atoms with van der Waals surface area (Å²) in [6, 6.07) is 8.79. The SMILES string of the molecule is COc1ccc(Cn2ncccc2=O)cc1CN. The van der Waals surface area contributed by atoms with E-state index >= 15 is 0 Å². The first-order valence-electron chi connectivity index (χ1n) is 5.62. The molecule has 5 nitrogen and oxygen atoms in total. The summed E-state index contributed by atoms with van der Waals surface area (Å²) in [5.74, 6) is 0.759. The van der Waals surface area contributed by atoms with Gasteiger partial charge in [0.05, 0.1) is 13.7 Å². The molecule has 1 heterocycles. The van der Waals surface area contributed by atoms with Crippen LogP contribution in [0.2, 0.25) is 0 Å². The van der Waals surface area contributed by atoms with Gasteiger partial charge in [-0.15, -0.1) is 0 Å². The van der Waals surface area contributed by atoms with Crippen LogP contribution in [-0.2, 0) is 13.1 Å². The highest BCUT2D eigenvalue weighted by atomic mass is 16.5. The topological polar surface area (TPSA) is 70.1 Å². The molecule has 0 radical (unpaired) electrons. The molecular formula is C13H15N3O2. The highest BCUT2D eigenvalue weighted by Crippen LogP contribution is 2.19. The Morgan fingerprint density at radius 1 is 1.39 bits per heavy atom. The Kier molecular flexibility index (Phi) is 3.74. The maximum Gasteiger partial charge on any atom is 0.267 e. The van der Waals surface area contributed by atoms with Crippen molar-refractivity contribution in [2.45, 2.75) is 13.1 Å². The van der Waals surface area contributed by atoms with Gasteiger partial charge in [0.15, 0.2) is 0 Å². The van der Waals surface area contributed by atoms with Gasteiger partial charge in [-0.05, 0) is 23.8 Å². The predicted molar refractivity (Wildman–Crippen MR) is 68.5 cm³/mol. The van der Waals surface area contributed by atoms with Crippen LogP contribution >= 0.6 is 0 Å². The minimum atomic E-state index is -0.123. The van der Waals surface area contributed by atoms with Crippen LogP contribution in [0.5, 0.6) is 5.75 Å². The summed E-state index contributed by atoms with van der Waals surface area (Å²) in [6.45, 7) is 0.824. The quantitative estimate of drug-likeness (QED) is 0.863. The van der Waals surface area contributed by atoms with Crippen LogP contribution in [0.15, 0.2) is 41.3 Å². The second-order valence-corrected chi connectivity index (χ2v) is 3.87. The molecule has 0 unspecified atom stereocenters. The lowest BCUT2D eigenvalue weighted by atomic mass is 10.1. The summed E-state index contributed by atoms with van der Waals surface area (Å²) in [7, 11) is 1.61. The normalized spacial score (nSPS) is 10.3. The van der Waals surface area contributed by atoms with Crippen molar-refractivity contribution in [3.63, 3.8) is 0 Å². The summed E-state index contributed by atoms with van der Waals surface area (Å²) in [4.78, 5) is 11.6. The molecule has 2 N–H and O–H groups in total. The van der Waals surface area contributed by atoms with Crippen molar-refractivity contribution >= 4 is 0 Å². The van der Waals surface area contributed by atoms with Crippen LogP contribution in [-0.4, -0.2) is 16.9 Å². The zero-order valence-electron chi connectivity index (χ0n) is 10.2. The van der Waals surface area contributed by atoms with Gasteiger partial charge in [-0.2, -0.15) is 5.10 Å². The number of aromatic nitrogens is 2. The molecule has 0 aliphatic rings. The molecule has 5 heteroatoms. The van der Waals surface area contributed by atoms with E-state index in [2.05, 4.69) is 5.10 Å². The van der Waals surface area contributed by atoms with Gasteiger partial charge in [-0.1, -0.05) is 6.07 Å². The predicted octanol–water partition coefficient (Wildman–Crippen LogP) is 0.759. The van der Waals surface area contributed by atoms with E-state index < -0.39 is 0 Å². The Hall–Kier alpha value is -2.14. The lowest BCUT2D eigenvalue weighted by molar-refractivity contribution is 0.409. The number of hydrogen-bond acceptors (Lipinski definition) is 4. The van der Waals surface area contributed by atoms with Crippen molar-refractivity contribution in [3.8, 4) is 5.75 Å². The minimum Gasteiger partial charge on any atom is -0.496 e. The molecule has 0 atom stereocenters. The molecule has 0 spiro atoms. The average Bonchev–Trinajstić information content (AvgIpc) is 2.41. The van der Waals surface area contributed by atoms with Gasteiger partial charge < -0.3 is 10.5 Å². The molecule has 0 fully saturated rings. The molecule has 0 aliphatic carbocycles. The molecule has 18 heavy (non-hydrogen) atoms. The number of hydrogen-bond donors (Lipinski definition) is 1. The first kappa shape index (κ1) is 12.3. The van der Waals surface area contributed by atoms with Crippen LogP contribution in [0.4, 0.5) is 0 Å². The fourth-order valence-electron chi connectivity index (χ4n) is 1.77. The van der Waals surface area contributed by atoms with Crippen molar-refractivity contribution in [1.82, 2.24) is 9.78 Å². The van der Waals surface area contributed by atoms with Crippen LogP contribution in [0.1, 0.15) is 11.1 Å². The third-order valence-electron chi connectivity index (χ3n) is 2.68. The first-order valence-corrected chi connectivity index (χ1v) is 5.62. The van der Waals surface area contributed by atoms with Gasteiger partial charge in [0.1, 0.15) is 5.75 Å². The van der Waals surface area contributed by atoms with Gasteiger partial charge in [0.2, 0.25) is 0 Å². The average molecular weight is 245 g/mol. The molecule has 2 rings (SSSR count). The summed E-state index contributed by atoms with van der Waals surface area (Å²) < 4.78 is 6.61. The summed E-state index contributed by atoms with van der Waals surface area (Å²) in [5.41, 5.74) is 7.42. The highest BCUT2D eigenvalue weighted by molar-refractivity contribution is 5.37. The number of nitrogens with two attached hydrogens (primary N) is 1. The molecule has 1 aromatic heterocycles. The van der Waals surface area contributed by atoms with Gasteiger partial charge in [-0.25, -0.2) is 4.68 Å². The van der Waals surface area contributed by atoms with Crippen LogP contribution < -0.4 is 16.0 Å². The number of methoxy groups -OCH3 is 1. The largest absolute Gasteiger partial charge is 0.496 e. The fourth-order valence-corrected chi connectivity index (χ4v) is 1.77. The van der Waals surface area contributed by atoms with E-state index in [1.807, 2.05) is 18.2 Å². The monoisotopic (exact) mass is 245 g/mol. The Labute approximate surface area is 105 Å². The molecule has 1 aromatic carbocycles. The maximum atomic E-state index is 11.6. The number of rotatable bonds is 4. The smallest absolute Gasteiger partial charge is 0.267 e. The molecular weight excluding hydrogens is 230 g/mol. The van der Waals surface area contributed by atoms with Crippen LogP contribution in [0, 0.1) is 0 Å². The Balaban J connectivity index is 2.30. The third kappa shape index (κ3) is 2.57. The molecule has 0 aliphatic heterocycles. The maximum absolute atomic E-state index is 11.6. The molecule has 0 saturated carbocycles. The fraction of sp³-hybridized carbons (Fsp3) is 0.231. The van der Waals surface area contributed by atoms with E-state index in [9.17, 15) is 4.79 Å². The summed E-state index contributed by atoms with van der Waals surface area (Å²) >= 11 is 0. The lowest BCUT2D eigenvalue weighted by Gasteiger charge is -2.09. The molecule has 0 bridgehead atoms. The minimum absolute atomic E-state index is 0.123. The van der Waals surface area contributed by atoms with Gasteiger partial charge in [0.25, 0.3) is 5.56 Å². The highest BCUT2D eigenvalue weighted by Gasteiger charge is 2.04. The second kappa shape index (κ2) is 5.46. The van der Waals surface area contributed by atoms with E-state index in [0.717, 1.165) is 16.9 Å². The molecule has 0 amide bonds. The van der Waals surface area contributed by atoms with Crippen molar-refractivity contribution < 1.29 is 4.74 Å². The Morgan fingerprint density at radius 3 is 2.89 bits per heavy atom. The summed E-state index contributed by atoms with van der Waals surface area (Å²) in [5, 5.41) is 4.01. The number of benzene rings is 1. The van der Waals surface area contributed by atoms with E-state index in [-0.39, 0.29) is 5.56 Å². The lowest BCUT2D eigenvalue weighted by Crippen LogP contribution is -2.21. The Bertz CT molecular complexity index is 593. The zero-order valence-corrected chi connectivity index (χ0v) is 10.2. The van der Waals surface area contributed by atoms with Gasteiger partial charge in [0, 0.05) is 24.4 Å². The molecule has 0 saturated heterocycles. The summed E-state index contributed by atoms with van der Waals surface area (Å²) in [6.07, 6.45) is 1.59. The van der Waals surface area contributed by atoms with E-state index in [1.54, 1.807) is 19.4 Å².